The van der Waals surface area contributed by atoms with E-state index in [9.17, 15) is 9.59 Å². The molecule has 2 amide bonds. The highest BCUT2D eigenvalue weighted by Gasteiger charge is 2.25. The van der Waals surface area contributed by atoms with Crippen molar-refractivity contribution in [2.24, 2.45) is 0 Å². The lowest BCUT2D eigenvalue weighted by Gasteiger charge is -2.27. The van der Waals surface area contributed by atoms with Crippen molar-refractivity contribution in [3.05, 3.63) is 83.9 Å². The van der Waals surface area contributed by atoms with Gasteiger partial charge >= 0.3 is 12.2 Å². The van der Waals surface area contributed by atoms with Crippen LogP contribution in [0.1, 0.15) is 70.7 Å². The quantitative estimate of drug-likeness (QED) is 0.199. The molecule has 2 aromatic carbocycles. The number of nitrogens with one attached hydrogen (secondary N) is 2. The molecule has 2 rings (SSSR count). The molecule has 8 nitrogen and oxygen atoms in total. The van der Waals surface area contributed by atoms with E-state index in [0.29, 0.717) is 0 Å². The Hall–Kier alpha value is -3.62. The summed E-state index contributed by atoms with van der Waals surface area (Å²) in [6.45, 7) is 21.6. The molecule has 2 N–H and O–H groups in total. The summed E-state index contributed by atoms with van der Waals surface area (Å²) in [4.78, 5) is 24.6. The second-order valence-corrected chi connectivity index (χ2v) is 10.8. The van der Waals surface area contributed by atoms with Crippen LogP contribution in [-0.2, 0) is 30.0 Å². The van der Waals surface area contributed by atoms with Crippen molar-refractivity contribution in [2.75, 3.05) is 26.4 Å². The second kappa shape index (κ2) is 14.7. The Labute approximate surface area is 238 Å². The van der Waals surface area contributed by atoms with Crippen LogP contribution in [0.4, 0.5) is 9.59 Å². The molecule has 0 aromatic heterocycles. The molecule has 0 fully saturated rings. The van der Waals surface area contributed by atoms with Gasteiger partial charge in [-0.15, -0.1) is 0 Å². The molecule has 0 aliphatic carbocycles. The third kappa shape index (κ3) is 10.5. The highest BCUT2D eigenvalue weighted by atomic mass is 16.7. The Morgan fingerprint density at radius 3 is 1.68 bits per heavy atom. The average molecular weight is 553 g/mol. The van der Waals surface area contributed by atoms with Gasteiger partial charge in [-0.2, -0.15) is 0 Å². The topological polar surface area (TPSA) is 95.1 Å². The van der Waals surface area contributed by atoms with E-state index in [1.165, 1.54) is 0 Å². The lowest BCUT2D eigenvalue weighted by molar-refractivity contribution is -0.141. The summed E-state index contributed by atoms with van der Waals surface area (Å²) in [5, 5.41) is 5.74. The van der Waals surface area contributed by atoms with Crippen molar-refractivity contribution in [2.45, 2.75) is 65.8 Å². The fraction of sp³-hybridized carbons (Fsp3) is 0.438. The molecule has 8 heteroatoms. The molecule has 218 valence electrons. The molecule has 0 spiro atoms. The first kappa shape index (κ1) is 32.6. The number of amides is 2. The average Bonchev–Trinajstić information content (AvgIpc) is 2.88. The first-order valence-corrected chi connectivity index (χ1v) is 13.4. The Morgan fingerprint density at radius 1 is 0.725 bits per heavy atom. The van der Waals surface area contributed by atoms with Crippen molar-refractivity contribution >= 4 is 23.3 Å². The standard InChI is InChI=1S/C32H44N2O6/c1-22(2)25-13-15-27(16-14-25)31(6,7)33-29(35)39-19-17-37-24(5)38-18-20-40-30(36)34-32(8,9)28-12-10-11-26(21-28)23(3)4/h10-16,21,24H,1,3,17-20H2,2,4-9H3,(H,33,35)(H,34,36). The van der Waals surface area contributed by atoms with Gasteiger partial charge in [0.1, 0.15) is 13.2 Å². The van der Waals surface area contributed by atoms with Crippen molar-refractivity contribution < 1.29 is 28.5 Å². The minimum absolute atomic E-state index is 0.0583. The van der Waals surface area contributed by atoms with Crippen LogP contribution >= 0.6 is 0 Å². The van der Waals surface area contributed by atoms with Gasteiger partial charge in [-0.25, -0.2) is 9.59 Å². The molecular formula is C32H44N2O6. The summed E-state index contributed by atoms with van der Waals surface area (Å²) in [6, 6.07) is 15.7. The van der Waals surface area contributed by atoms with E-state index in [2.05, 4.69) is 23.8 Å². The molecule has 0 radical (unpaired) electrons. The van der Waals surface area contributed by atoms with Crippen LogP contribution in [0.25, 0.3) is 11.1 Å². The number of allylic oxidation sites excluding steroid dienone is 2. The molecule has 0 saturated heterocycles. The lowest BCUT2D eigenvalue weighted by Crippen LogP contribution is -2.41. The molecule has 0 aliphatic rings. The fourth-order valence-corrected chi connectivity index (χ4v) is 3.82. The molecular weight excluding hydrogens is 508 g/mol. The largest absolute Gasteiger partial charge is 0.447 e. The maximum atomic E-state index is 12.3. The highest BCUT2D eigenvalue weighted by molar-refractivity contribution is 5.69. The van der Waals surface area contributed by atoms with E-state index < -0.39 is 29.6 Å². The number of hydrogen-bond acceptors (Lipinski definition) is 6. The molecule has 40 heavy (non-hydrogen) atoms. The van der Waals surface area contributed by atoms with E-state index in [0.717, 1.165) is 33.4 Å². The molecule has 2 aromatic rings. The number of rotatable bonds is 14. The molecule has 0 heterocycles. The summed E-state index contributed by atoms with van der Waals surface area (Å²) in [6.07, 6.45) is -1.65. The number of carbonyl (C=O) groups is 2. The van der Waals surface area contributed by atoms with Gasteiger partial charge in [-0.3, -0.25) is 0 Å². The zero-order chi connectivity index (χ0) is 29.9. The molecule has 1 atom stereocenters. The molecule has 0 bridgehead atoms. The van der Waals surface area contributed by atoms with Crippen LogP contribution in [0.2, 0.25) is 0 Å². The SMILES string of the molecule is C=C(C)c1ccc(C(C)(C)NC(=O)OCCOC(C)OCCOC(=O)NC(C)(C)c2cccc(C(=C)C)c2)cc1. The Bertz CT molecular complexity index is 1170. The normalized spacial score (nSPS) is 12.3. The number of carbonyl (C=O) groups excluding carboxylic acids is 2. The minimum atomic E-state index is -0.628. The van der Waals surface area contributed by atoms with Crippen molar-refractivity contribution in [3.63, 3.8) is 0 Å². The van der Waals surface area contributed by atoms with Gasteiger partial charge in [-0.05, 0) is 76.8 Å². The number of hydrogen-bond donors (Lipinski definition) is 2. The molecule has 0 saturated carbocycles. The maximum absolute atomic E-state index is 12.3. The summed E-state index contributed by atoms with van der Waals surface area (Å²) in [5.41, 5.74) is 4.65. The zero-order valence-electron chi connectivity index (χ0n) is 24.9. The smallest absolute Gasteiger partial charge is 0.407 e. The van der Waals surface area contributed by atoms with E-state index in [-0.39, 0.29) is 26.4 Å². The van der Waals surface area contributed by atoms with Gasteiger partial charge < -0.3 is 29.6 Å². The summed E-state index contributed by atoms with van der Waals surface area (Å²) >= 11 is 0. The third-order valence-electron chi connectivity index (χ3n) is 6.34. The van der Waals surface area contributed by atoms with Crippen molar-refractivity contribution in [1.82, 2.24) is 10.6 Å². The van der Waals surface area contributed by atoms with E-state index in [4.69, 9.17) is 18.9 Å². The predicted molar refractivity (Wildman–Crippen MR) is 159 cm³/mol. The Balaban J connectivity index is 1.63. The summed E-state index contributed by atoms with van der Waals surface area (Å²) in [5.74, 6) is 0. The van der Waals surface area contributed by atoms with Gasteiger partial charge in [0.05, 0.1) is 24.3 Å². The number of ether oxygens (including phenoxy) is 4. The van der Waals surface area contributed by atoms with Crippen LogP contribution in [0, 0.1) is 0 Å². The van der Waals surface area contributed by atoms with Gasteiger partial charge in [0.15, 0.2) is 6.29 Å². The van der Waals surface area contributed by atoms with Crippen LogP contribution in [0.3, 0.4) is 0 Å². The van der Waals surface area contributed by atoms with E-state index in [1.54, 1.807) is 6.92 Å². The van der Waals surface area contributed by atoms with Crippen LogP contribution in [0.5, 0.6) is 0 Å². The van der Waals surface area contributed by atoms with E-state index in [1.807, 2.05) is 90.1 Å². The first-order valence-electron chi connectivity index (χ1n) is 13.4. The first-order chi connectivity index (χ1) is 18.7. The lowest BCUT2D eigenvalue weighted by atomic mass is 9.92. The van der Waals surface area contributed by atoms with E-state index >= 15 is 0 Å². The maximum Gasteiger partial charge on any atom is 0.407 e. The predicted octanol–water partition coefficient (Wildman–Crippen LogP) is 6.75. The van der Waals surface area contributed by atoms with Crippen molar-refractivity contribution in [3.8, 4) is 0 Å². The Kier molecular flexibility index (Phi) is 12.0. The monoisotopic (exact) mass is 552 g/mol. The summed E-state index contributed by atoms with van der Waals surface area (Å²) in [7, 11) is 0. The fourth-order valence-electron chi connectivity index (χ4n) is 3.82. The minimum Gasteiger partial charge on any atom is -0.447 e. The van der Waals surface area contributed by atoms with Gasteiger partial charge in [0.25, 0.3) is 0 Å². The van der Waals surface area contributed by atoms with Crippen molar-refractivity contribution in [1.29, 1.82) is 0 Å². The molecule has 1 unspecified atom stereocenters. The zero-order valence-corrected chi connectivity index (χ0v) is 24.9. The van der Waals surface area contributed by atoms with Gasteiger partial charge in [-0.1, -0.05) is 66.8 Å². The Morgan fingerprint density at radius 2 is 1.20 bits per heavy atom. The van der Waals surface area contributed by atoms with Gasteiger partial charge in [0, 0.05) is 0 Å². The number of benzene rings is 2. The van der Waals surface area contributed by atoms with Crippen LogP contribution in [-0.4, -0.2) is 44.9 Å². The summed E-state index contributed by atoms with van der Waals surface area (Å²) < 4.78 is 21.5. The molecule has 0 aliphatic heterocycles. The van der Waals surface area contributed by atoms with Crippen LogP contribution in [0.15, 0.2) is 61.7 Å². The van der Waals surface area contributed by atoms with Crippen LogP contribution < -0.4 is 10.6 Å². The second-order valence-electron chi connectivity index (χ2n) is 10.8. The number of alkyl carbamates (subject to hydrolysis) is 2. The highest BCUT2D eigenvalue weighted by Crippen LogP contribution is 2.24. The van der Waals surface area contributed by atoms with Gasteiger partial charge in [0.2, 0.25) is 0 Å². The third-order valence-corrected chi connectivity index (χ3v) is 6.34.